The molecule has 1 aromatic carbocycles. The number of aromatic hydroxyl groups is 2. The van der Waals surface area contributed by atoms with Crippen LogP contribution in [-0.4, -0.2) is 26.5 Å². The summed E-state index contributed by atoms with van der Waals surface area (Å²) in [5, 5.41) is 19.3. The van der Waals surface area contributed by atoms with Gasteiger partial charge in [-0.1, -0.05) is 80.6 Å². The van der Waals surface area contributed by atoms with E-state index in [1.807, 2.05) is 11.8 Å². The number of hydrogen-bond donors (Lipinski definition) is 2. The third kappa shape index (κ3) is 11.8. The second-order valence-corrected chi connectivity index (χ2v) is 9.32. The molecule has 0 aliphatic rings. The first-order chi connectivity index (χ1) is 12.1. The fraction of sp³-hybridized carbons (Fsp3) is 0.714. The number of benzene rings is 1. The van der Waals surface area contributed by atoms with E-state index in [0.717, 1.165) is 17.7 Å². The SMILES string of the molecule is CCCCCCCCCCCCSCC(Br)Cc1cc(O)ccc1O. The molecule has 0 bridgehead atoms. The second kappa shape index (κ2) is 14.8. The van der Waals surface area contributed by atoms with Crippen molar-refractivity contribution in [3.8, 4) is 11.5 Å². The number of unbranched alkanes of at least 4 members (excludes halogenated alkanes) is 9. The van der Waals surface area contributed by atoms with Crippen LogP contribution < -0.4 is 0 Å². The van der Waals surface area contributed by atoms with Gasteiger partial charge in [-0.3, -0.25) is 0 Å². The first-order valence-electron chi connectivity index (χ1n) is 9.86. The van der Waals surface area contributed by atoms with Crippen LogP contribution in [0, 0.1) is 0 Å². The summed E-state index contributed by atoms with van der Waals surface area (Å²) < 4.78 is 0. The Morgan fingerprint density at radius 3 is 2.16 bits per heavy atom. The van der Waals surface area contributed by atoms with Gasteiger partial charge in [-0.25, -0.2) is 0 Å². The molecule has 0 aliphatic heterocycles. The second-order valence-electron chi connectivity index (χ2n) is 6.87. The molecule has 0 aromatic heterocycles. The molecule has 2 nitrogen and oxygen atoms in total. The Hall–Kier alpha value is -0.350. The number of hydrogen-bond acceptors (Lipinski definition) is 3. The molecule has 0 aliphatic carbocycles. The van der Waals surface area contributed by atoms with Crippen LogP contribution in [0.2, 0.25) is 0 Å². The zero-order valence-corrected chi connectivity index (χ0v) is 18.1. The van der Waals surface area contributed by atoms with Crippen molar-refractivity contribution >= 4 is 27.7 Å². The molecule has 1 atom stereocenters. The normalized spacial score (nSPS) is 12.4. The van der Waals surface area contributed by atoms with E-state index in [4.69, 9.17) is 0 Å². The first kappa shape index (κ1) is 22.7. The summed E-state index contributed by atoms with van der Waals surface area (Å²) in [5.41, 5.74) is 0.807. The molecule has 0 spiro atoms. The molecule has 0 heterocycles. The highest BCUT2D eigenvalue weighted by molar-refractivity contribution is 9.09. The molecule has 0 fully saturated rings. The number of alkyl halides is 1. The lowest BCUT2D eigenvalue weighted by molar-refractivity contribution is 0.454. The molecular weight excluding hydrogens is 396 g/mol. The molecule has 25 heavy (non-hydrogen) atoms. The topological polar surface area (TPSA) is 40.5 Å². The Balaban J connectivity index is 1.95. The van der Waals surface area contributed by atoms with Crippen molar-refractivity contribution in [2.24, 2.45) is 0 Å². The van der Waals surface area contributed by atoms with E-state index in [-0.39, 0.29) is 11.5 Å². The minimum atomic E-state index is 0.213. The maximum Gasteiger partial charge on any atom is 0.119 e. The lowest BCUT2D eigenvalue weighted by Crippen LogP contribution is -2.06. The van der Waals surface area contributed by atoms with E-state index in [9.17, 15) is 10.2 Å². The summed E-state index contributed by atoms with van der Waals surface area (Å²) in [5.74, 6) is 2.73. The highest BCUT2D eigenvalue weighted by Gasteiger charge is 2.10. The molecule has 1 aromatic rings. The molecule has 2 N–H and O–H groups in total. The summed E-state index contributed by atoms with van der Waals surface area (Å²) in [4.78, 5) is 0.327. The van der Waals surface area contributed by atoms with Crippen LogP contribution in [0.1, 0.15) is 76.7 Å². The number of thioether (sulfide) groups is 1. The van der Waals surface area contributed by atoms with Gasteiger partial charge in [0.15, 0.2) is 0 Å². The summed E-state index contributed by atoms with van der Waals surface area (Å²) in [6.07, 6.45) is 14.6. The average molecular weight is 431 g/mol. The molecule has 144 valence electrons. The molecule has 1 rings (SSSR count). The molecule has 0 saturated carbocycles. The maximum atomic E-state index is 9.82. The van der Waals surface area contributed by atoms with Crippen molar-refractivity contribution in [1.29, 1.82) is 0 Å². The van der Waals surface area contributed by atoms with Crippen molar-refractivity contribution in [2.45, 2.75) is 82.4 Å². The van der Waals surface area contributed by atoms with Gasteiger partial charge in [0.05, 0.1) is 0 Å². The Morgan fingerprint density at radius 2 is 1.52 bits per heavy atom. The highest BCUT2D eigenvalue weighted by Crippen LogP contribution is 2.26. The average Bonchev–Trinajstić information content (AvgIpc) is 2.59. The quantitative estimate of drug-likeness (QED) is 0.177. The standard InChI is InChI=1S/C21H35BrO2S/c1-2-3-4-5-6-7-8-9-10-11-14-25-17-19(22)15-18-16-20(23)12-13-21(18)24/h12-13,16,19,23-24H,2-11,14-15,17H2,1H3. The predicted octanol–water partition coefficient (Wildman–Crippen LogP) is 7.06. The lowest BCUT2D eigenvalue weighted by atomic mass is 10.1. The van der Waals surface area contributed by atoms with Crippen molar-refractivity contribution in [3.63, 3.8) is 0 Å². The molecule has 0 amide bonds. The van der Waals surface area contributed by atoms with Crippen LogP contribution in [0.3, 0.4) is 0 Å². The van der Waals surface area contributed by atoms with Gasteiger partial charge in [-0.15, -0.1) is 0 Å². The van der Waals surface area contributed by atoms with Crippen molar-refractivity contribution in [1.82, 2.24) is 0 Å². The van der Waals surface area contributed by atoms with Crippen LogP contribution >= 0.6 is 27.7 Å². The first-order valence-corrected chi connectivity index (χ1v) is 11.9. The molecule has 0 saturated heterocycles. The number of rotatable bonds is 15. The zero-order valence-electron chi connectivity index (χ0n) is 15.7. The maximum absolute atomic E-state index is 9.82. The molecule has 0 radical (unpaired) electrons. The third-order valence-electron chi connectivity index (χ3n) is 4.45. The number of phenols is 2. The molecular formula is C21H35BrO2S. The van der Waals surface area contributed by atoms with Crippen molar-refractivity contribution in [3.05, 3.63) is 23.8 Å². The third-order valence-corrected chi connectivity index (χ3v) is 6.74. The van der Waals surface area contributed by atoms with E-state index in [0.29, 0.717) is 4.83 Å². The van der Waals surface area contributed by atoms with Crippen LogP contribution in [0.25, 0.3) is 0 Å². The van der Waals surface area contributed by atoms with Crippen molar-refractivity contribution in [2.75, 3.05) is 11.5 Å². The van der Waals surface area contributed by atoms with Crippen LogP contribution in [0.5, 0.6) is 11.5 Å². The van der Waals surface area contributed by atoms with Gasteiger partial charge in [-0.2, -0.15) is 11.8 Å². The summed E-state index contributed by atoms with van der Waals surface area (Å²) in [7, 11) is 0. The Bertz CT molecular complexity index is 454. The number of phenolic OH excluding ortho intramolecular Hbond substituents is 2. The minimum Gasteiger partial charge on any atom is -0.508 e. The van der Waals surface area contributed by atoms with Crippen LogP contribution in [-0.2, 0) is 6.42 Å². The smallest absolute Gasteiger partial charge is 0.119 e. The highest BCUT2D eigenvalue weighted by atomic mass is 79.9. The summed E-state index contributed by atoms with van der Waals surface area (Å²) >= 11 is 5.67. The van der Waals surface area contributed by atoms with Gasteiger partial charge in [0, 0.05) is 10.6 Å². The van der Waals surface area contributed by atoms with Gasteiger partial charge in [0.1, 0.15) is 11.5 Å². The largest absolute Gasteiger partial charge is 0.508 e. The monoisotopic (exact) mass is 430 g/mol. The fourth-order valence-corrected chi connectivity index (χ4v) is 4.79. The van der Waals surface area contributed by atoms with Crippen LogP contribution in [0.15, 0.2) is 18.2 Å². The minimum absolute atomic E-state index is 0.213. The zero-order chi connectivity index (χ0) is 18.3. The Kier molecular flexibility index (Phi) is 13.4. The van der Waals surface area contributed by atoms with Crippen LogP contribution in [0.4, 0.5) is 0 Å². The van der Waals surface area contributed by atoms with Gasteiger partial charge >= 0.3 is 0 Å². The van der Waals surface area contributed by atoms with Gasteiger partial charge in [-0.05, 0) is 42.4 Å². The van der Waals surface area contributed by atoms with Gasteiger partial charge in [0.25, 0.3) is 0 Å². The Morgan fingerprint density at radius 1 is 0.920 bits per heavy atom. The lowest BCUT2D eigenvalue weighted by Gasteiger charge is -2.11. The molecule has 1 unspecified atom stereocenters. The fourth-order valence-electron chi connectivity index (χ4n) is 2.94. The summed E-state index contributed by atoms with van der Waals surface area (Å²) in [6, 6.07) is 4.72. The van der Waals surface area contributed by atoms with E-state index in [1.54, 1.807) is 12.1 Å². The summed E-state index contributed by atoms with van der Waals surface area (Å²) in [6.45, 7) is 2.27. The van der Waals surface area contributed by atoms with E-state index >= 15 is 0 Å². The van der Waals surface area contributed by atoms with Gasteiger partial charge in [0.2, 0.25) is 0 Å². The van der Waals surface area contributed by atoms with E-state index in [2.05, 4.69) is 22.9 Å². The Labute approximate surface area is 166 Å². The predicted molar refractivity (Wildman–Crippen MR) is 115 cm³/mol. The number of halogens is 1. The van der Waals surface area contributed by atoms with Gasteiger partial charge < -0.3 is 10.2 Å². The molecule has 4 heteroatoms. The van der Waals surface area contributed by atoms with Crippen molar-refractivity contribution < 1.29 is 10.2 Å². The van der Waals surface area contributed by atoms with E-state index < -0.39 is 0 Å². The van der Waals surface area contributed by atoms with E-state index in [1.165, 1.54) is 76.0 Å².